The van der Waals surface area contributed by atoms with Gasteiger partial charge in [0, 0.05) is 4.47 Å². The van der Waals surface area contributed by atoms with Crippen molar-refractivity contribution < 1.29 is 5.11 Å². The Labute approximate surface area is 110 Å². The summed E-state index contributed by atoms with van der Waals surface area (Å²) in [6.07, 6.45) is -0.619. The molecule has 16 heavy (non-hydrogen) atoms. The van der Waals surface area contributed by atoms with Crippen molar-refractivity contribution >= 4 is 38.8 Å². The lowest BCUT2D eigenvalue weighted by atomic mass is 10.1. The minimum Gasteiger partial charge on any atom is -0.382 e. The van der Waals surface area contributed by atoms with Gasteiger partial charge in [-0.2, -0.15) is 0 Å². The zero-order valence-corrected chi connectivity index (χ0v) is 12.1. The molecule has 1 unspecified atom stereocenters. The molecule has 0 fully saturated rings. The molecular weight excluding hydrogens is 308 g/mol. The molecule has 1 atom stereocenters. The van der Waals surface area contributed by atoms with Gasteiger partial charge in [-0.25, -0.2) is 0 Å². The fourth-order valence-electron chi connectivity index (χ4n) is 1.41. The maximum Gasteiger partial charge on any atom is 0.127 e. The Morgan fingerprint density at radius 1 is 1.38 bits per heavy atom. The Hall–Kier alpha value is -0.300. The van der Waals surface area contributed by atoms with Gasteiger partial charge in [0.05, 0.1) is 15.4 Å². The predicted molar refractivity (Wildman–Crippen MR) is 70.1 cm³/mol. The summed E-state index contributed by atoms with van der Waals surface area (Å²) in [6, 6.07) is 1.94. The summed E-state index contributed by atoms with van der Waals surface area (Å²) in [6.45, 7) is 4.10. The SMILES string of the molecule is CC(C)c1nnsc1C(O)c1sccc1Br. The number of aliphatic hydroxyl groups excluding tert-OH is 1. The minimum atomic E-state index is -0.619. The molecule has 0 amide bonds. The van der Waals surface area contributed by atoms with E-state index in [1.807, 2.05) is 11.4 Å². The number of rotatable bonds is 3. The van der Waals surface area contributed by atoms with Crippen LogP contribution in [0.4, 0.5) is 0 Å². The number of hydrogen-bond donors (Lipinski definition) is 1. The topological polar surface area (TPSA) is 46.0 Å². The lowest BCUT2D eigenvalue weighted by Crippen LogP contribution is -2.01. The molecule has 0 bridgehead atoms. The number of thiophene rings is 1. The van der Waals surface area contributed by atoms with E-state index in [1.165, 1.54) is 22.9 Å². The van der Waals surface area contributed by atoms with Gasteiger partial charge in [0.1, 0.15) is 6.10 Å². The van der Waals surface area contributed by atoms with Crippen molar-refractivity contribution in [3.63, 3.8) is 0 Å². The standard InChI is InChI=1S/C10H11BrN2OS2/c1-5(2)7-10(16-13-12-7)8(14)9-6(11)3-4-15-9/h3-5,8,14H,1-2H3. The van der Waals surface area contributed by atoms with Crippen molar-refractivity contribution in [2.45, 2.75) is 25.9 Å². The van der Waals surface area contributed by atoms with Crippen molar-refractivity contribution in [2.24, 2.45) is 0 Å². The number of aromatic nitrogens is 2. The fourth-order valence-corrected chi connectivity index (χ4v) is 3.88. The highest BCUT2D eigenvalue weighted by atomic mass is 79.9. The second-order valence-corrected chi connectivity index (χ2v) is 6.30. The average Bonchev–Trinajstić information content (AvgIpc) is 2.84. The Morgan fingerprint density at radius 2 is 2.12 bits per heavy atom. The van der Waals surface area contributed by atoms with Crippen molar-refractivity contribution in [2.75, 3.05) is 0 Å². The first-order valence-electron chi connectivity index (χ1n) is 4.84. The number of aliphatic hydroxyl groups is 1. The van der Waals surface area contributed by atoms with E-state index in [9.17, 15) is 5.11 Å². The maximum absolute atomic E-state index is 10.3. The highest BCUT2D eigenvalue weighted by Crippen LogP contribution is 2.36. The fraction of sp³-hybridized carbons (Fsp3) is 0.400. The number of hydrogen-bond acceptors (Lipinski definition) is 5. The van der Waals surface area contributed by atoms with Crippen LogP contribution in [0, 0.1) is 0 Å². The highest BCUT2D eigenvalue weighted by molar-refractivity contribution is 9.10. The van der Waals surface area contributed by atoms with E-state index in [4.69, 9.17) is 0 Å². The maximum atomic E-state index is 10.3. The third-order valence-corrected chi connectivity index (χ3v) is 4.94. The van der Waals surface area contributed by atoms with Crippen LogP contribution in [0.2, 0.25) is 0 Å². The molecule has 0 aliphatic heterocycles. The summed E-state index contributed by atoms with van der Waals surface area (Å²) in [7, 11) is 0. The Bertz CT molecular complexity index is 481. The second kappa shape index (κ2) is 4.91. The first-order valence-corrected chi connectivity index (χ1v) is 7.29. The van der Waals surface area contributed by atoms with Gasteiger partial charge in [0.2, 0.25) is 0 Å². The van der Waals surface area contributed by atoms with E-state index < -0.39 is 6.10 Å². The van der Waals surface area contributed by atoms with Crippen LogP contribution in [0.25, 0.3) is 0 Å². The van der Waals surface area contributed by atoms with Crippen LogP contribution in [-0.2, 0) is 0 Å². The Kier molecular flexibility index (Phi) is 3.73. The lowest BCUT2D eigenvalue weighted by Gasteiger charge is -2.10. The molecule has 6 heteroatoms. The summed E-state index contributed by atoms with van der Waals surface area (Å²) in [5, 5.41) is 16.3. The summed E-state index contributed by atoms with van der Waals surface area (Å²) in [5.74, 6) is 0.280. The Morgan fingerprint density at radius 3 is 2.69 bits per heavy atom. The zero-order valence-electron chi connectivity index (χ0n) is 8.85. The molecule has 2 aromatic rings. The van der Waals surface area contributed by atoms with E-state index in [2.05, 4.69) is 39.4 Å². The van der Waals surface area contributed by atoms with Gasteiger partial charge in [0.15, 0.2) is 0 Å². The predicted octanol–water partition coefficient (Wildman–Crippen LogP) is 3.57. The third kappa shape index (κ3) is 2.20. The largest absolute Gasteiger partial charge is 0.382 e. The number of halogens is 1. The molecule has 0 spiro atoms. The van der Waals surface area contributed by atoms with Gasteiger partial charge >= 0.3 is 0 Å². The van der Waals surface area contributed by atoms with Gasteiger partial charge in [0.25, 0.3) is 0 Å². The molecule has 0 saturated heterocycles. The van der Waals surface area contributed by atoms with E-state index in [0.29, 0.717) is 0 Å². The van der Waals surface area contributed by atoms with Gasteiger partial charge in [-0.1, -0.05) is 18.3 Å². The molecule has 2 heterocycles. The van der Waals surface area contributed by atoms with Gasteiger partial charge < -0.3 is 5.11 Å². The Balaban J connectivity index is 2.38. The summed E-state index contributed by atoms with van der Waals surface area (Å²) < 4.78 is 4.86. The van der Waals surface area contributed by atoms with E-state index in [-0.39, 0.29) is 5.92 Å². The molecule has 3 nitrogen and oxygen atoms in total. The van der Waals surface area contributed by atoms with Crippen LogP contribution >= 0.6 is 38.8 Å². The lowest BCUT2D eigenvalue weighted by molar-refractivity contribution is 0.225. The first kappa shape index (κ1) is 12.2. The molecule has 2 aromatic heterocycles. The van der Waals surface area contributed by atoms with Crippen LogP contribution in [0.3, 0.4) is 0 Å². The third-order valence-electron chi connectivity index (χ3n) is 2.23. The molecule has 2 rings (SSSR count). The molecule has 0 aliphatic rings. The normalized spacial score (nSPS) is 13.3. The van der Waals surface area contributed by atoms with Gasteiger partial charge in [-0.3, -0.25) is 0 Å². The average molecular weight is 319 g/mol. The summed E-state index contributed by atoms with van der Waals surface area (Å²) in [5.41, 5.74) is 0.887. The van der Waals surface area contributed by atoms with Gasteiger partial charge in [-0.15, -0.1) is 16.4 Å². The molecule has 0 saturated carbocycles. The van der Waals surface area contributed by atoms with Gasteiger partial charge in [-0.05, 0) is 44.8 Å². The monoisotopic (exact) mass is 318 g/mol. The first-order chi connectivity index (χ1) is 7.61. The zero-order chi connectivity index (χ0) is 11.7. The summed E-state index contributed by atoms with van der Waals surface area (Å²) >= 11 is 6.23. The van der Waals surface area contributed by atoms with Crippen molar-refractivity contribution in [3.05, 3.63) is 31.4 Å². The smallest absolute Gasteiger partial charge is 0.127 e. The molecule has 86 valence electrons. The minimum absolute atomic E-state index is 0.280. The molecule has 0 aliphatic carbocycles. The van der Waals surface area contributed by atoms with Crippen LogP contribution in [0.1, 0.15) is 41.3 Å². The molecule has 1 N–H and O–H groups in total. The molecule has 0 radical (unpaired) electrons. The van der Waals surface area contributed by atoms with Crippen LogP contribution < -0.4 is 0 Å². The molecule has 0 aromatic carbocycles. The van der Waals surface area contributed by atoms with Crippen molar-refractivity contribution in [3.8, 4) is 0 Å². The molecular formula is C10H11BrN2OS2. The highest BCUT2D eigenvalue weighted by Gasteiger charge is 2.23. The van der Waals surface area contributed by atoms with Crippen LogP contribution in [-0.4, -0.2) is 14.7 Å². The van der Waals surface area contributed by atoms with E-state index in [0.717, 1.165) is 19.9 Å². The quantitative estimate of drug-likeness (QED) is 0.941. The summed E-state index contributed by atoms with van der Waals surface area (Å²) in [4.78, 5) is 1.76. The van der Waals surface area contributed by atoms with E-state index >= 15 is 0 Å². The van der Waals surface area contributed by atoms with E-state index in [1.54, 1.807) is 0 Å². The van der Waals surface area contributed by atoms with Crippen molar-refractivity contribution in [1.29, 1.82) is 0 Å². The van der Waals surface area contributed by atoms with Crippen molar-refractivity contribution in [1.82, 2.24) is 9.59 Å². The van der Waals surface area contributed by atoms with Crippen LogP contribution in [0.15, 0.2) is 15.9 Å². The van der Waals surface area contributed by atoms with Crippen LogP contribution in [0.5, 0.6) is 0 Å². The second-order valence-electron chi connectivity index (χ2n) is 3.71. The number of nitrogens with zero attached hydrogens (tertiary/aromatic N) is 2.